The number of rotatable bonds is 1. The van der Waals surface area contributed by atoms with Gasteiger partial charge in [-0.15, -0.1) is 0 Å². The number of hydrogen-bond donors (Lipinski definition) is 2. The van der Waals surface area contributed by atoms with Gasteiger partial charge in [-0.1, -0.05) is 24.3 Å². The van der Waals surface area contributed by atoms with Gasteiger partial charge >= 0.3 is 6.09 Å². The Hall–Kier alpha value is -2.75. The minimum absolute atomic E-state index is 0.0104. The molecule has 188 valence electrons. The van der Waals surface area contributed by atoms with Gasteiger partial charge in [0.25, 0.3) is 0 Å². The minimum atomic E-state index is -0.345. The summed E-state index contributed by atoms with van der Waals surface area (Å²) in [5, 5.41) is 6.87. The standard InChI is InChI=1S/C26H36N6O3/c1-18-5-3-4-14-34-17-23(31-12-10-27-11-13-31)21-8-6-20(7-9-21)19(2)29-25-28-15-22-16-35-26(33)32(18)24(22)30-25/h6-9,15,18-19,23,27H,3-5,10-14,16-17H2,1-2H3,(H,28,29,30)/t18-,19-,23?/m0/s1. The molecule has 4 aliphatic rings. The summed E-state index contributed by atoms with van der Waals surface area (Å²) < 4.78 is 11.6. The van der Waals surface area contributed by atoms with Crippen LogP contribution in [0, 0.1) is 0 Å². The lowest BCUT2D eigenvalue weighted by Gasteiger charge is -2.35. The molecule has 9 heteroatoms. The number of nitrogens with one attached hydrogen (secondary N) is 2. The Morgan fingerprint density at radius 1 is 1.06 bits per heavy atom. The molecule has 3 atom stereocenters. The molecular formula is C26H36N6O3. The fraction of sp³-hybridized carbons (Fsp3) is 0.577. The maximum atomic E-state index is 12.7. The number of benzene rings is 1. The maximum Gasteiger partial charge on any atom is 0.416 e. The van der Waals surface area contributed by atoms with Gasteiger partial charge in [0.15, 0.2) is 0 Å². The number of ether oxygens (including phenoxy) is 2. The van der Waals surface area contributed by atoms with Gasteiger partial charge in [-0.3, -0.25) is 9.80 Å². The van der Waals surface area contributed by atoms with Gasteiger partial charge in [-0.25, -0.2) is 9.78 Å². The number of piperazine rings is 1. The van der Waals surface area contributed by atoms with Crippen LogP contribution in [0.4, 0.5) is 16.6 Å². The molecule has 2 aromatic rings. The van der Waals surface area contributed by atoms with E-state index in [1.807, 2.05) is 0 Å². The van der Waals surface area contributed by atoms with Crippen molar-refractivity contribution in [3.63, 3.8) is 0 Å². The van der Waals surface area contributed by atoms with Crippen molar-refractivity contribution in [3.05, 3.63) is 47.2 Å². The van der Waals surface area contributed by atoms with Crippen LogP contribution in [-0.4, -0.2) is 66.4 Å². The van der Waals surface area contributed by atoms with Gasteiger partial charge in [0.05, 0.1) is 24.3 Å². The Bertz CT molecular complexity index is 1010. The van der Waals surface area contributed by atoms with Gasteiger partial charge < -0.3 is 20.1 Å². The quantitative estimate of drug-likeness (QED) is 0.639. The molecule has 1 aromatic heterocycles. The first kappa shape index (κ1) is 24.0. The van der Waals surface area contributed by atoms with Gasteiger partial charge in [0.1, 0.15) is 12.4 Å². The monoisotopic (exact) mass is 480 g/mol. The van der Waals surface area contributed by atoms with E-state index in [9.17, 15) is 4.79 Å². The van der Waals surface area contributed by atoms with E-state index in [0.717, 1.165) is 56.6 Å². The molecule has 1 amide bonds. The second kappa shape index (κ2) is 10.9. The first-order valence-corrected chi connectivity index (χ1v) is 12.8. The molecule has 35 heavy (non-hydrogen) atoms. The Kier molecular flexibility index (Phi) is 7.46. The summed E-state index contributed by atoms with van der Waals surface area (Å²) >= 11 is 0. The highest BCUT2D eigenvalue weighted by atomic mass is 16.6. The van der Waals surface area contributed by atoms with Crippen LogP contribution in [0.3, 0.4) is 0 Å². The second-order valence-electron chi connectivity index (χ2n) is 9.72. The van der Waals surface area contributed by atoms with E-state index in [1.54, 1.807) is 11.1 Å². The number of hydrogen-bond acceptors (Lipinski definition) is 8. The number of carbonyl (C=O) groups is 1. The molecule has 6 rings (SSSR count). The second-order valence-corrected chi connectivity index (χ2v) is 9.72. The minimum Gasteiger partial charge on any atom is -0.444 e. The maximum absolute atomic E-state index is 12.7. The zero-order chi connectivity index (χ0) is 24.2. The summed E-state index contributed by atoms with van der Waals surface area (Å²) in [6.07, 6.45) is 4.17. The highest BCUT2D eigenvalue weighted by Crippen LogP contribution is 2.30. The fourth-order valence-electron chi connectivity index (χ4n) is 5.12. The average molecular weight is 481 g/mol. The van der Waals surface area contributed by atoms with E-state index < -0.39 is 0 Å². The smallest absolute Gasteiger partial charge is 0.416 e. The highest BCUT2D eigenvalue weighted by Gasteiger charge is 2.32. The molecule has 0 aliphatic carbocycles. The average Bonchev–Trinajstić information content (AvgIpc) is 2.88. The van der Waals surface area contributed by atoms with Crippen LogP contribution in [0.5, 0.6) is 0 Å². The summed E-state index contributed by atoms with van der Waals surface area (Å²) in [6, 6.07) is 9.02. The Morgan fingerprint density at radius 2 is 1.83 bits per heavy atom. The molecule has 4 aliphatic heterocycles. The molecule has 0 radical (unpaired) electrons. The van der Waals surface area contributed by atoms with Crippen molar-refractivity contribution < 1.29 is 14.3 Å². The Morgan fingerprint density at radius 3 is 2.63 bits per heavy atom. The van der Waals surface area contributed by atoms with E-state index in [-0.39, 0.29) is 30.8 Å². The number of fused-ring (bicyclic) bond motifs is 10. The van der Waals surface area contributed by atoms with Gasteiger partial charge in [-0.2, -0.15) is 4.98 Å². The van der Waals surface area contributed by atoms with Crippen LogP contribution in [-0.2, 0) is 16.1 Å². The zero-order valence-electron chi connectivity index (χ0n) is 20.7. The number of cyclic esters (lactones) is 1. The molecule has 1 fully saturated rings. The lowest BCUT2D eigenvalue weighted by molar-refractivity contribution is 0.0508. The zero-order valence-corrected chi connectivity index (χ0v) is 20.7. The van der Waals surface area contributed by atoms with Crippen LogP contribution >= 0.6 is 0 Å². The normalized spacial score (nSPS) is 26.4. The van der Waals surface area contributed by atoms with E-state index >= 15 is 0 Å². The molecule has 4 bridgehead atoms. The lowest BCUT2D eigenvalue weighted by atomic mass is 10.0. The van der Waals surface area contributed by atoms with Gasteiger partial charge in [-0.05, 0) is 44.2 Å². The molecule has 1 saturated heterocycles. The Balaban J connectivity index is 1.42. The first-order chi connectivity index (χ1) is 17.1. The van der Waals surface area contributed by atoms with Crippen LogP contribution in [0.15, 0.2) is 30.5 Å². The summed E-state index contributed by atoms with van der Waals surface area (Å²) in [5.41, 5.74) is 3.27. The predicted octanol–water partition coefficient (Wildman–Crippen LogP) is 3.64. The first-order valence-electron chi connectivity index (χ1n) is 12.8. The fourth-order valence-corrected chi connectivity index (χ4v) is 5.12. The van der Waals surface area contributed by atoms with Crippen molar-refractivity contribution in [2.24, 2.45) is 0 Å². The third-order valence-corrected chi connectivity index (χ3v) is 7.25. The van der Waals surface area contributed by atoms with Gasteiger partial charge in [0.2, 0.25) is 5.95 Å². The van der Waals surface area contributed by atoms with Crippen molar-refractivity contribution in [1.29, 1.82) is 0 Å². The van der Waals surface area contributed by atoms with Crippen molar-refractivity contribution >= 4 is 17.9 Å². The molecule has 1 unspecified atom stereocenters. The molecule has 1 aromatic carbocycles. The van der Waals surface area contributed by atoms with E-state index in [0.29, 0.717) is 25.0 Å². The summed E-state index contributed by atoms with van der Waals surface area (Å²) in [4.78, 5) is 26.1. The number of carbonyl (C=O) groups excluding carboxylic acids is 1. The van der Waals surface area contributed by atoms with Crippen LogP contribution < -0.4 is 15.5 Å². The number of nitrogens with zero attached hydrogens (tertiary/aromatic N) is 4. The highest BCUT2D eigenvalue weighted by molar-refractivity contribution is 5.89. The van der Waals surface area contributed by atoms with Crippen molar-refractivity contribution in [1.82, 2.24) is 20.2 Å². The van der Waals surface area contributed by atoms with Crippen molar-refractivity contribution in [3.8, 4) is 0 Å². The summed E-state index contributed by atoms with van der Waals surface area (Å²) in [7, 11) is 0. The largest absolute Gasteiger partial charge is 0.444 e. The SMILES string of the molecule is C[C@@H]1Nc2ncc3c(n2)N(C(=O)OC3)[C@@H](C)CCCCOCC(N2CCNCC2)c2ccc1cc2. The Labute approximate surface area is 207 Å². The third kappa shape index (κ3) is 5.42. The molecule has 2 N–H and O–H groups in total. The van der Waals surface area contributed by atoms with E-state index in [1.165, 1.54) is 5.56 Å². The number of amides is 1. The predicted molar refractivity (Wildman–Crippen MR) is 134 cm³/mol. The summed E-state index contributed by atoms with van der Waals surface area (Å²) in [6.45, 7) is 9.80. The molecule has 0 saturated carbocycles. The van der Waals surface area contributed by atoms with E-state index in [4.69, 9.17) is 14.5 Å². The lowest BCUT2D eigenvalue weighted by Crippen LogP contribution is -2.46. The number of anilines is 2. The molecule has 0 spiro atoms. The van der Waals surface area contributed by atoms with Gasteiger partial charge in [0, 0.05) is 45.0 Å². The summed E-state index contributed by atoms with van der Waals surface area (Å²) in [5.74, 6) is 1.16. The molecular weight excluding hydrogens is 444 g/mol. The number of aromatic nitrogens is 2. The van der Waals surface area contributed by atoms with Crippen LogP contribution in [0.25, 0.3) is 0 Å². The van der Waals surface area contributed by atoms with Crippen LogP contribution in [0.1, 0.15) is 61.9 Å². The molecule has 9 nitrogen and oxygen atoms in total. The van der Waals surface area contributed by atoms with E-state index in [2.05, 4.69) is 58.6 Å². The van der Waals surface area contributed by atoms with Crippen molar-refractivity contribution in [2.45, 2.75) is 57.8 Å². The third-order valence-electron chi connectivity index (χ3n) is 7.25. The topological polar surface area (TPSA) is 91.9 Å². The van der Waals surface area contributed by atoms with Crippen LogP contribution in [0.2, 0.25) is 0 Å². The molecule has 5 heterocycles. The van der Waals surface area contributed by atoms with Crippen molar-refractivity contribution in [2.75, 3.05) is 49.6 Å².